The number of nitrogens with two attached hydrogens (primary N) is 1. The SMILES string of the molecule is [3H]c1cn(C2OC(CO[Si](c3ccccc3)(c3ccccc3)C(C)(C)C)C(O)[C@]2(C)F)c2ncnc(N)c12. The maximum atomic E-state index is 16.2. The molecule has 1 fully saturated rings. The lowest BCUT2D eigenvalue weighted by Crippen LogP contribution is -2.67. The minimum absolute atomic E-state index is 0.0193. The fourth-order valence-corrected chi connectivity index (χ4v) is 9.99. The molecule has 9 heteroatoms. The van der Waals surface area contributed by atoms with E-state index in [0.717, 1.165) is 10.4 Å². The van der Waals surface area contributed by atoms with Crippen LogP contribution in [0.4, 0.5) is 10.2 Å². The first-order valence-electron chi connectivity index (χ1n) is 12.8. The molecule has 194 valence electrons. The van der Waals surface area contributed by atoms with E-state index in [2.05, 4.69) is 55.0 Å². The van der Waals surface area contributed by atoms with Crippen molar-refractivity contribution in [3.63, 3.8) is 0 Å². The van der Waals surface area contributed by atoms with Gasteiger partial charge in [0.05, 0.1) is 13.4 Å². The van der Waals surface area contributed by atoms with Gasteiger partial charge in [-0.15, -0.1) is 0 Å². The Labute approximate surface area is 218 Å². The van der Waals surface area contributed by atoms with Crippen molar-refractivity contribution in [1.29, 1.82) is 0 Å². The van der Waals surface area contributed by atoms with Gasteiger partial charge in [0.2, 0.25) is 0 Å². The first-order valence-corrected chi connectivity index (χ1v) is 14.2. The molecule has 37 heavy (non-hydrogen) atoms. The van der Waals surface area contributed by atoms with Crippen LogP contribution in [0.1, 0.15) is 35.3 Å². The molecule has 4 aromatic rings. The summed E-state index contributed by atoms with van der Waals surface area (Å²) in [6.45, 7) is 7.73. The minimum atomic E-state index is -2.93. The number of aromatic nitrogens is 3. The van der Waals surface area contributed by atoms with E-state index < -0.39 is 32.4 Å². The van der Waals surface area contributed by atoms with Gasteiger partial charge < -0.3 is 24.6 Å². The summed E-state index contributed by atoms with van der Waals surface area (Å²) in [6.07, 6.45) is -0.991. The molecule has 7 nitrogen and oxygen atoms in total. The molecule has 1 aliphatic heterocycles. The highest BCUT2D eigenvalue weighted by Crippen LogP contribution is 2.44. The zero-order valence-electron chi connectivity index (χ0n) is 22.4. The van der Waals surface area contributed by atoms with E-state index >= 15 is 4.39 Å². The molecule has 4 atom stereocenters. The van der Waals surface area contributed by atoms with Crippen molar-refractivity contribution < 1.29 is 20.0 Å². The average Bonchev–Trinajstić information content (AvgIpc) is 3.33. The number of hydrogen-bond acceptors (Lipinski definition) is 6. The van der Waals surface area contributed by atoms with Gasteiger partial charge in [0.15, 0.2) is 11.9 Å². The molecule has 0 bridgehead atoms. The van der Waals surface area contributed by atoms with Gasteiger partial charge in [-0.05, 0) is 28.4 Å². The second-order valence-corrected chi connectivity index (χ2v) is 15.0. The number of nitrogen functional groups attached to an aromatic ring is 1. The van der Waals surface area contributed by atoms with Gasteiger partial charge in [0.25, 0.3) is 8.32 Å². The van der Waals surface area contributed by atoms with E-state index in [1.54, 1.807) is 0 Å². The first kappa shape index (κ1) is 24.2. The van der Waals surface area contributed by atoms with E-state index in [1.165, 1.54) is 24.0 Å². The molecular weight excluding hydrogens is 487 g/mol. The van der Waals surface area contributed by atoms with Gasteiger partial charge in [-0.1, -0.05) is 81.4 Å². The molecule has 1 saturated heterocycles. The van der Waals surface area contributed by atoms with Crippen LogP contribution in [-0.4, -0.2) is 52.4 Å². The summed E-state index contributed by atoms with van der Waals surface area (Å²) in [6, 6.07) is 20.3. The van der Waals surface area contributed by atoms with E-state index in [-0.39, 0.29) is 29.2 Å². The molecular formula is C28H33FN4O3Si. The molecule has 2 aromatic heterocycles. The predicted molar refractivity (Wildman–Crippen MR) is 145 cm³/mol. The standard InChI is InChI=1S/C28H33FN4O3Si/c1-27(2,3)37(19-11-7-5-8-12-19,20-13-9-6-10-14-20)35-17-22-23(34)28(4,29)26(36-22)33-16-15-21-24(30)31-18-32-25(21)33/h5-16,18,22-23,26,34H,17H2,1-4H3,(H2,30,31,32)/t22?,23?,26?,28-/m0/s1/i15T. The van der Waals surface area contributed by atoms with Crippen molar-refractivity contribution in [2.45, 2.75) is 56.8 Å². The Hall–Kier alpha value is -3.11. The first-order chi connectivity index (χ1) is 18.0. The maximum absolute atomic E-state index is 16.2. The third kappa shape index (κ3) is 4.16. The molecule has 0 aliphatic carbocycles. The van der Waals surface area contributed by atoms with Crippen LogP contribution in [0.15, 0.2) is 79.2 Å². The number of rotatable bonds is 6. The number of nitrogens with zero attached hydrogens (tertiary/aromatic N) is 3. The summed E-state index contributed by atoms with van der Waals surface area (Å²) >= 11 is 0. The zero-order valence-corrected chi connectivity index (χ0v) is 22.4. The van der Waals surface area contributed by atoms with Crippen LogP contribution in [0.3, 0.4) is 0 Å². The third-order valence-corrected chi connectivity index (χ3v) is 12.3. The Morgan fingerprint density at radius 3 is 2.30 bits per heavy atom. The van der Waals surface area contributed by atoms with Crippen LogP contribution in [0.5, 0.6) is 0 Å². The fourth-order valence-electron chi connectivity index (χ4n) is 5.42. The van der Waals surface area contributed by atoms with Crippen LogP contribution >= 0.6 is 0 Å². The molecule has 3 unspecified atom stereocenters. The smallest absolute Gasteiger partial charge is 0.261 e. The molecule has 0 spiro atoms. The number of benzene rings is 2. The van der Waals surface area contributed by atoms with Gasteiger partial charge >= 0.3 is 0 Å². The summed E-state index contributed by atoms with van der Waals surface area (Å²) in [5.41, 5.74) is 4.05. The normalized spacial score (nSPS) is 24.9. The molecule has 1 aliphatic rings. The van der Waals surface area contributed by atoms with E-state index in [0.29, 0.717) is 5.39 Å². The van der Waals surface area contributed by atoms with Crippen LogP contribution in [0.25, 0.3) is 11.0 Å². The summed E-state index contributed by atoms with van der Waals surface area (Å²) in [5, 5.41) is 13.3. The summed E-state index contributed by atoms with van der Waals surface area (Å²) < 4.78 is 39.0. The lowest BCUT2D eigenvalue weighted by atomic mass is 9.98. The van der Waals surface area contributed by atoms with Crippen molar-refractivity contribution >= 4 is 35.5 Å². The lowest BCUT2D eigenvalue weighted by Gasteiger charge is -2.43. The van der Waals surface area contributed by atoms with Gasteiger partial charge in [-0.3, -0.25) is 0 Å². The molecule has 5 rings (SSSR count). The van der Waals surface area contributed by atoms with E-state index in [9.17, 15) is 5.11 Å². The third-order valence-electron chi connectivity index (χ3n) is 7.30. The van der Waals surface area contributed by atoms with Crippen LogP contribution in [0.2, 0.25) is 5.04 Å². The van der Waals surface area contributed by atoms with Gasteiger partial charge in [0.1, 0.15) is 30.0 Å². The molecule has 0 saturated carbocycles. The maximum Gasteiger partial charge on any atom is 0.261 e. The van der Waals surface area contributed by atoms with Crippen molar-refractivity contribution in [1.82, 2.24) is 14.5 Å². The Bertz CT molecular complexity index is 1390. The lowest BCUT2D eigenvalue weighted by molar-refractivity contribution is -0.0545. The predicted octanol–water partition coefficient (Wildman–Crippen LogP) is 3.58. The van der Waals surface area contributed by atoms with Gasteiger partial charge in [-0.2, -0.15) is 0 Å². The quantitative estimate of drug-likeness (QED) is 0.376. The Morgan fingerprint density at radius 2 is 1.73 bits per heavy atom. The second kappa shape index (κ2) is 9.32. The van der Waals surface area contributed by atoms with Crippen molar-refractivity contribution in [2.24, 2.45) is 0 Å². The molecule has 0 amide bonds. The topological polar surface area (TPSA) is 95.4 Å². The monoisotopic (exact) mass is 522 g/mol. The van der Waals surface area contributed by atoms with E-state index in [4.69, 9.17) is 16.3 Å². The number of alkyl halides is 1. The minimum Gasteiger partial charge on any atom is -0.405 e. The molecule has 3 heterocycles. The summed E-state index contributed by atoms with van der Waals surface area (Å²) in [7, 11) is -2.93. The Kier molecular flexibility index (Phi) is 6.11. The number of hydrogen-bond donors (Lipinski definition) is 2. The summed E-state index contributed by atoms with van der Waals surface area (Å²) in [4.78, 5) is 8.16. The van der Waals surface area contributed by atoms with Crippen LogP contribution in [0, 0.1) is 0 Å². The van der Waals surface area contributed by atoms with Crippen LogP contribution < -0.4 is 16.1 Å². The summed E-state index contributed by atoms with van der Waals surface area (Å²) in [5.74, 6) is 0.129. The number of aliphatic hydroxyl groups excluding tert-OH is 1. The van der Waals surface area contributed by atoms with Crippen LogP contribution in [-0.2, 0) is 9.16 Å². The number of ether oxygens (including phenoxy) is 1. The molecule has 2 aromatic carbocycles. The Balaban J connectivity index is 1.52. The number of fused-ring (bicyclic) bond motifs is 1. The fraction of sp³-hybridized carbons (Fsp3) is 0.357. The highest BCUT2D eigenvalue weighted by molar-refractivity contribution is 6.99. The number of anilines is 1. The van der Waals surface area contributed by atoms with E-state index in [1.807, 2.05) is 36.4 Å². The zero-order chi connectivity index (χ0) is 27.3. The second-order valence-electron chi connectivity index (χ2n) is 10.7. The largest absolute Gasteiger partial charge is 0.405 e. The molecule has 0 radical (unpaired) electrons. The highest BCUT2D eigenvalue weighted by Gasteiger charge is 2.57. The van der Waals surface area contributed by atoms with Crippen molar-refractivity contribution in [3.8, 4) is 0 Å². The molecule has 3 N–H and O–H groups in total. The Morgan fingerprint density at radius 1 is 1.14 bits per heavy atom. The number of halogens is 1. The highest BCUT2D eigenvalue weighted by atomic mass is 28.4. The van der Waals surface area contributed by atoms with Gasteiger partial charge in [-0.25, -0.2) is 14.4 Å². The average molecular weight is 523 g/mol. The van der Waals surface area contributed by atoms with Crippen molar-refractivity contribution in [2.75, 3.05) is 12.3 Å². The van der Waals surface area contributed by atoms with Gasteiger partial charge in [0, 0.05) is 6.20 Å². The number of aliphatic hydroxyl groups is 1. The van der Waals surface area contributed by atoms with Crippen molar-refractivity contribution in [3.05, 3.63) is 79.2 Å².